The van der Waals surface area contributed by atoms with Crippen LogP contribution in [0.3, 0.4) is 0 Å². The number of carboxylic acids is 1. The Hall–Kier alpha value is -1.29. The lowest BCUT2D eigenvalue weighted by molar-refractivity contribution is -0.138. The second kappa shape index (κ2) is 3.22. The van der Waals surface area contributed by atoms with E-state index in [-0.39, 0.29) is 6.42 Å². The topological polar surface area (TPSA) is 68.2 Å². The Balaban J connectivity index is 2.93. The zero-order valence-corrected chi connectivity index (χ0v) is 7.82. The van der Waals surface area contributed by atoms with Crippen LogP contribution in [-0.2, 0) is 17.4 Å². The van der Waals surface area contributed by atoms with Crippen LogP contribution in [-0.4, -0.2) is 15.6 Å². The Morgan fingerprint density at radius 2 is 2.38 bits per heavy atom. The summed E-state index contributed by atoms with van der Waals surface area (Å²) in [6.07, 6.45) is 1.78. The fourth-order valence-electron chi connectivity index (χ4n) is 1.46. The van der Waals surface area contributed by atoms with E-state index in [1.165, 1.54) is 0 Å². The van der Waals surface area contributed by atoms with E-state index in [9.17, 15) is 4.79 Å². The third-order valence-corrected chi connectivity index (χ3v) is 2.05. The summed E-state index contributed by atoms with van der Waals surface area (Å²) in [6.45, 7) is 1.72. The van der Waals surface area contributed by atoms with Gasteiger partial charge in [0.1, 0.15) is 0 Å². The van der Waals surface area contributed by atoms with Gasteiger partial charge >= 0.3 is 5.97 Å². The van der Waals surface area contributed by atoms with E-state index in [2.05, 4.69) is 0 Å². The molecule has 0 saturated heterocycles. The van der Waals surface area contributed by atoms with Crippen molar-refractivity contribution in [3.05, 3.63) is 24.0 Å². The summed E-state index contributed by atoms with van der Waals surface area (Å²) >= 11 is 0. The molecule has 3 N–H and O–H groups in total. The largest absolute Gasteiger partial charge is 0.481 e. The molecular weight excluding hydrogens is 168 g/mol. The number of carbonyl (C=O) groups is 1. The maximum Gasteiger partial charge on any atom is 0.305 e. The summed E-state index contributed by atoms with van der Waals surface area (Å²) in [5.41, 5.74) is 5.91. The minimum atomic E-state index is -0.883. The van der Waals surface area contributed by atoms with Crippen molar-refractivity contribution >= 4 is 5.97 Å². The predicted octanol–water partition coefficient (Wildman–Crippen LogP) is 0.674. The Morgan fingerprint density at radius 1 is 1.77 bits per heavy atom. The molecular formula is C9H14N2O2. The summed E-state index contributed by atoms with van der Waals surface area (Å²) < 4.78 is 1.84. The molecule has 0 bridgehead atoms. The van der Waals surface area contributed by atoms with E-state index >= 15 is 0 Å². The Morgan fingerprint density at radius 3 is 2.77 bits per heavy atom. The number of nitrogens with two attached hydrogens (primary N) is 1. The second-order valence-corrected chi connectivity index (χ2v) is 3.49. The third-order valence-electron chi connectivity index (χ3n) is 2.05. The van der Waals surface area contributed by atoms with E-state index in [0.29, 0.717) is 0 Å². The van der Waals surface area contributed by atoms with Crippen molar-refractivity contribution in [3.63, 3.8) is 0 Å². The lowest BCUT2D eigenvalue weighted by Gasteiger charge is -2.23. The van der Waals surface area contributed by atoms with E-state index in [1.54, 1.807) is 6.92 Å². The fourth-order valence-corrected chi connectivity index (χ4v) is 1.46. The quantitative estimate of drug-likeness (QED) is 0.722. The van der Waals surface area contributed by atoms with Gasteiger partial charge in [-0.3, -0.25) is 4.79 Å². The lowest BCUT2D eigenvalue weighted by Crippen LogP contribution is -2.37. The van der Waals surface area contributed by atoms with Crippen LogP contribution in [0.1, 0.15) is 19.0 Å². The van der Waals surface area contributed by atoms with Crippen LogP contribution in [0.4, 0.5) is 0 Å². The van der Waals surface area contributed by atoms with Gasteiger partial charge < -0.3 is 15.4 Å². The van der Waals surface area contributed by atoms with Crippen LogP contribution in [0.15, 0.2) is 18.3 Å². The van der Waals surface area contributed by atoms with Gasteiger partial charge in [0.05, 0.1) is 12.0 Å². The highest BCUT2D eigenvalue weighted by atomic mass is 16.4. The van der Waals surface area contributed by atoms with Crippen molar-refractivity contribution < 1.29 is 9.90 Å². The summed E-state index contributed by atoms with van der Waals surface area (Å²) in [7, 11) is 1.85. The minimum Gasteiger partial charge on any atom is -0.481 e. The predicted molar refractivity (Wildman–Crippen MR) is 49.2 cm³/mol. The van der Waals surface area contributed by atoms with Crippen molar-refractivity contribution in [1.82, 2.24) is 4.57 Å². The highest BCUT2D eigenvalue weighted by Gasteiger charge is 2.26. The molecule has 1 aromatic heterocycles. The van der Waals surface area contributed by atoms with Crippen LogP contribution in [0, 0.1) is 0 Å². The Bertz CT molecular complexity index is 315. The molecule has 0 aliphatic carbocycles. The second-order valence-electron chi connectivity index (χ2n) is 3.49. The number of hydrogen-bond acceptors (Lipinski definition) is 2. The number of nitrogens with zero attached hydrogens (tertiary/aromatic N) is 1. The molecule has 1 rings (SSSR count). The maximum absolute atomic E-state index is 10.5. The molecule has 0 radical (unpaired) electrons. The molecule has 13 heavy (non-hydrogen) atoms. The van der Waals surface area contributed by atoms with Crippen molar-refractivity contribution in [2.24, 2.45) is 12.8 Å². The average molecular weight is 182 g/mol. The van der Waals surface area contributed by atoms with E-state index in [4.69, 9.17) is 10.8 Å². The van der Waals surface area contributed by atoms with Crippen molar-refractivity contribution in [2.45, 2.75) is 18.9 Å². The molecule has 0 aliphatic rings. The molecule has 0 fully saturated rings. The first-order valence-corrected chi connectivity index (χ1v) is 4.06. The number of aromatic nitrogens is 1. The first-order valence-electron chi connectivity index (χ1n) is 4.06. The smallest absolute Gasteiger partial charge is 0.305 e. The highest BCUT2D eigenvalue weighted by molar-refractivity contribution is 5.68. The van der Waals surface area contributed by atoms with Crippen LogP contribution in [0.25, 0.3) is 0 Å². The number of hydrogen-bond donors (Lipinski definition) is 2. The van der Waals surface area contributed by atoms with Gasteiger partial charge in [-0.25, -0.2) is 0 Å². The standard InChI is InChI=1S/C9H14N2O2/c1-9(10,6-8(12)13)7-4-3-5-11(7)2/h3-5H,6,10H2,1-2H3,(H,12,13). The van der Waals surface area contributed by atoms with Crippen molar-refractivity contribution in [1.29, 1.82) is 0 Å². The number of carboxylic acid groups (broad SMARTS) is 1. The van der Waals surface area contributed by atoms with Crippen molar-refractivity contribution in [3.8, 4) is 0 Å². The molecule has 1 atom stereocenters. The fraction of sp³-hybridized carbons (Fsp3) is 0.444. The summed E-state index contributed by atoms with van der Waals surface area (Å²) in [4.78, 5) is 10.5. The van der Waals surface area contributed by atoms with Gasteiger partial charge in [0.15, 0.2) is 0 Å². The molecule has 1 heterocycles. The molecule has 4 heteroatoms. The highest BCUT2D eigenvalue weighted by Crippen LogP contribution is 2.21. The van der Waals surface area contributed by atoms with Crippen LogP contribution in [0.2, 0.25) is 0 Å². The molecule has 72 valence electrons. The SMILES string of the molecule is Cn1cccc1C(C)(N)CC(=O)O. The van der Waals surface area contributed by atoms with Gasteiger partial charge in [-0.15, -0.1) is 0 Å². The zero-order chi connectivity index (χ0) is 10.1. The van der Waals surface area contributed by atoms with Crippen LogP contribution < -0.4 is 5.73 Å². The lowest BCUT2D eigenvalue weighted by atomic mass is 9.95. The van der Waals surface area contributed by atoms with Crippen LogP contribution in [0.5, 0.6) is 0 Å². The molecule has 0 spiro atoms. The zero-order valence-electron chi connectivity index (χ0n) is 7.82. The summed E-state index contributed by atoms with van der Waals surface area (Å²) in [5.74, 6) is -0.883. The minimum absolute atomic E-state index is 0.0646. The first kappa shape index (κ1) is 9.80. The molecule has 1 unspecified atom stereocenters. The van der Waals surface area contributed by atoms with Gasteiger partial charge in [0.25, 0.3) is 0 Å². The molecule has 0 amide bonds. The van der Waals surface area contributed by atoms with E-state index in [1.807, 2.05) is 29.9 Å². The summed E-state index contributed by atoms with van der Waals surface area (Å²) in [5, 5.41) is 8.65. The molecule has 0 aliphatic heterocycles. The molecule has 0 saturated carbocycles. The molecule has 4 nitrogen and oxygen atoms in total. The van der Waals surface area contributed by atoms with E-state index in [0.717, 1.165) is 5.69 Å². The van der Waals surface area contributed by atoms with Gasteiger partial charge in [0.2, 0.25) is 0 Å². The summed E-state index contributed by atoms with van der Waals surface area (Å²) in [6, 6.07) is 3.69. The Labute approximate surface area is 77.0 Å². The van der Waals surface area contributed by atoms with Crippen LogP contribution >= 0.6 is 0 Å². The third kappa shape index (κ3) is 2.09. The number of rotatable bonds is 3. The Kier molecular flexibility index (Phi) is 2.43. The van der Waals surface area contributed by atoms with Gasteiger partial charge in [-0.1, -0.05) is 0 Å². The normalized spacial score (nSPS) is 15.3. The van der Waals surface area contributed by atoms with E-state index < -0.39 is 11.5 Å². The number of aliphatic carboxylic acids is 1. The number of aryl methyl sites for hydroxylation is 1. The van der Waals surface area contributed by atoms with Crippen molar-refractivity contribution in [2.75, 3.05) is 0 Å². The first-order chi connectivity index (χ1) is 5.93. The monoisotopic (exact) mass is 182 g/mol. The maximum atomic E-state index is 10.5. The van der Waals surface area contributed by atoms with Gasteiger partial charge in [-0.2, -0.15) is 0 Å². The molecule has 1 aromatic rings. The molecule has 0 aromatic carbocycles. The van der Waals surface area contributed by atoms with Gasteiger partial charge in [0, 0.05) is 18.9 Å². The average Bonchev–Trinajstić information content (AvgIpc) is 2.32. The van der Waals surface area contributed by atoms with Gasteiger partial charge in [-0.05, 0) is 19.1 Å².